The summed E-state index contributed by atoms with van der Waals surface area (Å²) in [6, 6.07) is 12.1. The lowest BCUT2D eigenvalue weighted by Gasteiger charge is -2.38. The number of carbonyl (C=O) groups excluding carboxylic acids is 2. The number of benzene rings is 2. The second-order valence-electron chi connectivity index (χ2n) is 9.18. The summed E-state index contributed by atoms with van der Waals surface area (Å²) in [5.41, 5.74) is 1.81. The summed E-state index contributed by atoms with van der Waals surface area (Å²) in [5, 5.41) is -0.505. The summed E-state index contributed by atoms with van der Waals surface area (Å²) in [5.74, 6) is -1.15. The van der Waals surface area contributed by atoms with Crippen LogP contribution in [0.15, 0.2) is 65.1 Å². The van der Waals surface area contributed by atoms with Gasteiger partial charge in [-0.1, -0.05) is 35.9 Å². The van der Waals surface area contributed by atoms with Crippen molar-refractivity contribution in [1.82, 2.24) is 4.90 Å². The summed E-state index contributed by atoms with van der Waals surface area (Å²) < 4.78 is 46.2. The second-order valence-corrected chi connectivity index (χ2v) is 13.2. The molecule has 2 unspecified atom stereocenters. The van der Waals surface area contributed by atoms with Crippen molar-refractivity contribution in [2.45, 2.75) is 49.3 Å². The zero-order chi connectivity index (χ0) is 25.9. The van der Waals surface area contributed by atoms with Crippen molar-refractivity contribution in [2.24, 2.45) is 5.92 Å². The van der Waals surface area contributed by atoms with Gasteiger partial charge >= 0.3 is 5.97 Å². The van der Waals surface area contributed by atoms with E-state index in [1.807, 2.05) is 11.8 Å². The van der Waals surface area contributed by atoms with Crippen LogP contribution in [0, 0.1) is 18.7 Å². The monoisotopic (exact) mass is 531 g/mol. The topological polar surface area (TPSA) is 80.8 Å². The van der Waals surface area contributed by atoms with Crippen molar-refractivity contribution in [2.75, 3.05) is 19.7 Å². The van der Waals surface area contributed by atoms with Crippen LogP contribution >= 0.6 is 10.8 Å². The fourth-order valence-electron chi connectivity index (χ4n) is 4.42. The van der Waals surface area contributed by atoms with E-state index in [2.05, 4.69) is 0 Å². The molecule has 0 N–H and O–H groups in total. The smallest absolute Gasteiger partial charge is 0.330 e. The molecule has 192 valence electrons. The predicted molar refractivity (Wildman–Crippen MR) is 138 cm³/mol. The molecule has 1 aliphatic carbocycles. The minimum atomic E-state index is -3.70. The third-order valence-electron chi connectivity index (χ3n) is 6.43. The highest BCUT2D eigenvalue weighted by Gasteiger charge is 2.42. The van der Waals surface area contributed by atoms with E-state index in [4.69, 9.17) is 4.74 Å². The molecular weight excluding hydrogens is 501 g/mol. The standard InChI is InChI=1S/C27H30FNO5S2/c1-3-34-25(30)16-20-17-29(26(27(31)19-10-11-19)22-6-4-5-7-23(22)28)15-14-24(20)35-36(32,33)21-12-8-18(2)9-13-21/h4-9,12-13,16,19,24,26H,3,10-11,14-15,17H2,1-2H3/b20-16-. The van der Waals surface area contributed by atoms with Gasteiger partial charge in [-0.2, -0.15) is 0 Å². The molecule has 1 heterocycles. The molecule has 2 aliphatic rings. The number of carbonyl (C=O) groups is 2. The molecule has 9 heteroatoms. The van der Waals surface area contributed by atoms with Gasteiger partial charge in [-0.05, 0) is 67.7 Å². The predicted octanol–water partition coefficient (Wildman–Crippen LogP) is 4.84. The number of aryl methyl sites for hydroxylation is 1. The lowest BCUT2D eigenvalue weighted by atomic mass is 9.93. The number of hydrogen-bond donors (Lipinski definition) is 0. The van der Waals surface area contributed by atoms with Crippen molar-refractivity contribution in [1.29, 1.82) is 0 Å². The van der Waals surface area contributed by atoms with Gasteiger partial charge in [0.15, 0.2) is 5.78 Å². The molecule has 4 rings (SSSR count). The number of rotatable bonds is 9. The molecule has 2 aromatic rings. The SMILES string of the molecule is CCOC(=O)/C=C1/CN(C(C(=O)C2CC2)c2ccccc2F)CCC1SS(=O)(=O)c1ccc(C)cc1. The van der Waals surface area contributed by atoms with E-state index in [-0.39, 0.29) is 29.7 Å². The average molecular weight is 532 g/mol. The number of Topliss-reactive ketones (excluding diaryl/α,β-unsaturated/α-hetero) is 1. The highest BCUT2D eigenvalue weighted by atomic mass is 33.1. The molecule has 0 radical (unpaired) electrons. The molecule has 2 fully saturated rings. The Morgan fingerprint density at radius 1 is 1.14 bits per heavy atom. The quantitative estimate of drug-likeness (QED) is 0.260. The molecular formula is C27H30FNO5S2. The fourth-order valence-corrected chi connectivity index (χ4v) is 8.02. The van der Waals surface area contributed by atoms with Crippen molar-refractivity contribution in [3.8, 4) is 0 Å². The average Bonchev–Trinajstić information content (AvgIpc) is 3.68. The molecule has 0 aromatic heterocycles. The molecule has 1 saturated heterocycles. The number of esters is 1. The largest absolute Gasteiger partial charge is 0.463 e. The highest BCUT2D eigenvalue weighted by molar-refractivity contribution is 8.72. The Bertz CT molecular complexity index is 1260. The minimum absolute atomic E-state index is 0.0334. The molecule has 1 aliphatic heterocycles. The summed E-state index contributed by atoms with van der Waals surface area (Å²) in [6.07, 6.45) is 3.29. The van der Waals surface area contributed by atoms with Crippen molar-refractivity contribution < 1.29 is 27.1 Å². The van der Waals surface area contributed by atoms with Gasteiger partial charge in [-0.25, -0.2) is 17.6 Å². The summed E-state index contributed by atoms with van der Waals surface area (Å²) in [7, 11) is -2.90. The van der Waals surface area contributed by atoms with Gasteiger partial charge in [0.05, 0.1) is 17.5 Å². The minimum Gasteiger partial charge on any atom is -0.463 e. The van der Waals surface area contributed by atoms with Gasteiger partial charge in [-0.15, -0.1) is 0 Å². The first-order chi connectivity index (χ1) is 17.2. The Labute approximate surface area is 215 Å². The second kappa shape index (κ2) is 11.3. The summed E-state index contributed by atoms with van der Waals surface area (Å²) in [4.78, 5) is 27.7. The third-order valence-corrected chi connectivity index (χ3v) is 10.3. The van der Waals surface area contributed by atoms with Crippen LogP contribution in [0.1, 0.15) is 43.4 Å². The van der Waals surface area contributed by atoms with E-state index < -0.39 is 31.9 Å². The van der Waals surface area contributed by atoms with Crippen LogP contribution in [0.4, 0.5) is 4.39 Å². The first kappa shape index (κ1) is 26.6. The maximum atomic E-state index is 14.8. The van der Waals surface area contributed by atoms with E-state index in [1.165, 1.54) is 12.1 Å². The van der Waals surface area contributed by atoms with Crippen LogP contribution < -0.4 is 0 Å². The zero-order valence-electron chi connectivity index (χ0n) is 20.4. The molecule has 0 bridgehead atoms. The van der Waals surface area contributed by atoms with Crippen LogP contribution in [0.25, 0.3) is 0 Å². The van der Waals surface area contributed by atoms with E-state index >= 15 is 0 Å². The zero-order valence-corrected chi connectivity index (χ0v) is 22.0. The molecule has 36 heavy (non-hydrogen) atoms. The number of ketones is 1. The number of ether oxygens (including phenoxy) is 1. The van der Waals surface area contributed by atoms with Crippen LogP contribution in [-0.4, -0.2) is 50.0 Å². The van der Waals surface area contributed by atoms with Gasteiger partial charge in [0.2, 0.25) is 8.87 Å². The molecule has 2 atom stereocenters. The van der Waals surface area contributed by atoms with Crippen LogP contribution in [0.5, 0.6) is 0 Å². The van der Waals surface area contributed by atoms with Gasteiger partial charge in [0.1, 0.15) is 5.82 Å². The number of likely N-dealkylation sites (tertiary alicyclic amines) is 1. The maximum Gasteiger partial charge on any atom is 0.330 e. The van der Waals surface area contributed by atoms with Crippen LogP contribution in [0.2, 0.25) is 0 Å². The summed E-state index contributed by atoms with van der Waals surface area (Å²) >= 11 is 0. The molecule has 0 amide bonds. The summed E-state index contributed by atoms with van der Waals surface area (Å²) in [6.45, 7) is 4.31. The van der Waals surface area contributed by atoms with Crippen LogP contribution in [-0.2, 0) is 23.2 Å². The van der Waals surface area contributed by atoms with Crippen molar-refractivity contribution >= 4 is 31.4 Å². The lowest BCUT2D eigenvalue weighted by molar-refractivity contribution is -0.137. The van der Waals surface area contributed by atoms with Crippen molar-refractivity contribution in [3.63, 3.8) is 0 Å². The fraction of sp³-hybridized carbons (Fsp3) is 0.407. The molecule has 1 saturated carbocycles. The Kier molecular flexibility index (Phi) is 8.32. The van der Waals surface area contributed by atoms with E-state index in [9.17, 15) is 22.4 Å². The van der Waals surface area contributed by atoms with E-state index in [1.54, 1.807) is 49.4 Å². The normalized spacial score (nSPS) is 20.8. The molecule has 0 spiro atoms. The number of nitrogens with zero attached hydrogens (tertiary/aromatic N) is 1. The van der Waals surface area contributed by atoms with Crippen molar-refractivity contribution in [3.05, 3.63) is 77.1 Å². The van der Waals surface area contributed by atoms with Gasteiger partial charge in [0, 0.05) is 35.9 Å². The van der Waals surface area contributed by atoms with E-state index in [0.717, 1.165) is 29.2 Å². The Morgan fingerprint density at radius 2 is 1.83 bits per heavy atom. The Morgan fingerprint density at radius 3 is 2.47 bits per heavy atom. The van der Waals surface area contributed by atoms with Crippen LogP contribution in [0.3, 0.4) is 0 Å². The number of halogens is 1. The number of hydrogen-bond acceptors (Lipinski definition) is 7. The Balaban J connectivity index is 1.64. The van der Waals surface area contributed by atoms with E-state index in [0.29, 0.717) is 24.1 Å². The lowest BCUT2D eigenvalue weighted by Crippen LogP contribution is -2.43. The highest BCUT2D eigenvalue weighted by Crippen LogP contribution is 2.41. The molecule has 2 aromatic carbocycles. The number of piperidine rings is 1. The first-order valence-corrected chi connectivity index (χ1v) is 15.0. The molecule has 6 nitrogen and oxygen atoms in total. The Hall–Kier alpha value is -2.49. The first-order valence-electron chi connectivity index (χ1n) is 12.1. The van der Waals surface area contributed by atoms with Gasteiger partial charge in [0.25, 0.3) is 0 Å². The maximum absolute atomic E-state index is 14.8. The van der Waals surface area contributed by atoms with Gasteiger partial charge < -0.3 is 4.74 Å². The third kappa shape index (κ3) is 6.25. The van der Waals surface area contributed by atoms with Gasteiger partial charge in [-0.3, -0.25) is 9.69 Å².